The molecule has 0 saturated carbocycles. The van der Waals surface area contributed by atoms with Crippen molar-refractivity contribution in [3.05, 3.63) is 23.2 Å². The van der Waals surface area contributed by atoms with E-state index in [0.717, 1.165) is 12.2 Å². The Morgan fingerprint density at radius 2 is 2.31 bits per heavy atom. The molecule has 1 aromatic rings. The Morgan fingerprint density at radius 3 is 2.94 bits per heavy atom. The van der Waals surface area contributed by atoms with Gasteiger partial charge in [-0.2, -0.15) is 11.8 Å². The monoisotopic (exact) mass is 258 g/mol. The molecule has 0 heterocycles. The summed E-state index contributed by atoms with van der Waals surface area (Å²) in [4.78, 5) is 11.5. The van der Waals surface area contributed by atoms with Crippen LogP contribution in [0.15, 0.2) is 18.2 Å². The first kappa shape index (κ1) is 13.2. The Kier molecular flexibility index (Phi) is 5.49. The second-order valence-electron chi connectivity index (χ2n) is 3.33. The zero-order chi connectivity index (χ0) is 12.0. The molecular formula is C11H15ClN2OS. The van der Waals surface area contributed by atoms with Gasteiger partial charge in [0.15, 0.2) is 0 Å². The van der Waals surface area contributed by atoms with Crippen molar-refractivity contribution < 1.29 is 4.79 Å². The molecule has 0 aromatic heterocycles. The number of halogens is 1. The van der Waals surface area contributed by atoms with Gasteiger partial charge in [-0.3, -0.25) is 4.79 Å². The second kappa shape index (κ2) is 6.66. The number of amides is 1. The van der Waals surface area contributed by atoms with E-state index in [4.69, 9.17) is 17.3 Å². The smallest absolute Gasteiger partial charge is 0.234 e. The molecule has 0 atom stereocenters. The molecule has 3 N–H and O–H groups in total. The van der Waals surface area contributed by atoms with Crippen molar-refractivity contribution in [2.24, 2.45) is 0 Å². The quantitative estimate of drug-likeness (QED) is 0.631. The van der Waals surface area contributed by atoms with E-state index in [1.807, 2.05) is 0 Å². The van der Waals surface area contributed by atoms with Crippen LogP contribution in [0.5, 0.6) is 0 Å². The lowest BCUT2D eigenvalue weighted by Gasteiger charge is -2.07. The molecule has 3 nitrogen and oxygen atoms in total. The third-order valence-electron chi connectivity index (χ3n) is 1.87. The predicted molar refractivity (Wildman–Crippen MR) is 72.1 cm³/mol. The van der Waals surface area contributed by atoms with E-state index in [1.54, 1.807) is 30.0 Å². The Hall–Kier alpha value is -0.870. The molecule has 0 radical (unpaired) electrons. The molecule has 0 aliphatic rings. The molecular weight excluding hydrogens is 244 g/mol. The number of carbonyl (C=O) groups is 1. The molecule has 0 aliphatic carbocycles. The third kappa shape index (κ3) is 4.33. The molecule has 16 heavy (non-hydrogen) atoms. The summed E-state index contributed by atoms with van der Waals surface area (Å²) in [6.07, 6.45) is 1.07. The first-order valence-corrected chi connectivity index (χ1v) is 6.59. The largest absolute Gasteiger partial charge is 0.397 e. The van der Waals surface area contributed by atoms with Crippen LogP contribution in [0.2, 0.25) is 5.02 Å². The van der Waals surface area contributed by atoms with Crippen LogP contribution in [0.3, 0.4) is 0 Å². The number of hydrogen-bond acceptors (Lipinski definition) is 3. The van der Waals surface area contributed by atoms with Crippen LogP contribution in [0.4, 0.5) is 11.4 Å². The van der Waals surface area contributed by atoms with Crippen LogP contribution in [0, 0.1) is 0 Å². The maximum atomic E-state index is 11.5. The van der Waals surface area contributed by atoms with Crippen molar-refractivity contribution in [3.63, 3.8) is 0 Å². The van der Waals surface area contributed by atoms with Crippen molar-refractivity contribution in [2.45, 2.75) is 13.3 Å². The lowest BCUT2D eigenvalue weighted by Crippen LogP contribution is -2.15. The summed E-state index contributed by atoms with van der Waals surface area (Å²) in [6.45, 7) is 2.09. The van der Waals surface area contributed by atoms with Crippen LogP contribution < -0.4 is 11.1 Å². The van der Waals surface area contributed by atoms with E-state index in [0.29, 0.717) is 22.2 Å². The number of thioether (sulfide) groups is 1. The fourth-order valence-electron chi connectivity index (χ4n) is 1.14. The minimum absolute atomic E-state index is 0.0347. The number of benzene rings is 1. The SMILES string of the molecule is CCCSCC(=O)Nc1ccc(Cl)cc1N. The van der Waals surface area contributed by atoms with Gasteiger partial charge in [0.25, 0.3) is 0 Å². The molecule has 1 aromatic carbocycles. The van der Waals surface area contributed by atoms with Gasteiger partial charge in [-0.05, 0) is 30.4 Å². The molecule has 0 unspecified atom stereocenters. The molecule has 88 valence electrons. The van der Waals surface area contributed by atoms with Gasteiger partial charge in [0.2, 0.25) is 5.91 Å². The maximum Gasteiger partial charge on any atom is 0.234 e. The number of anilines is 2. The van der Waals surface area contributed by atoms with Gasteiger partial charge < -0.3 is 11.1 Å². The number of rotatable bonds is 5. The second-order valence-corrected chi connectivity index (χ2v) is 4.87. The molecule has 0 fully saturated rings. The standard InChI is InChI=1S/C11H15ClN2OS/c1-2-5-16-7-11(15)14-10-4-3-8(12)6-9(10)13/h3-4,6H,2,5,7,13H2,1H3,(H,14,15). The zero-order valence-electron chi connectivity index (χ0n) is 9.13. The number of nitrogens with one attached hydrogen (secondary N) is 1. The average molecular weight is 259 g/mol. The Bertz CT molecular complexity index is 371. The summed E-state index contributed by atoms with van der Waals surface area (Å²) in [5.41, 5.74) is 6.82. The van der Waals surface area contributed by atoms with Crippen LogP contribution in [0.25, 0.3) is 0 Å². The lowest BCUT2D eigenvalue weighted by molar-refractivity contribution is -0.113. The molecule has 1 rings (SSSR count). The van der Waals surface area contributed by atoms with Gasteiger partial charge in [0.05, 0.1) is 17.1 Å². The van der Waals surface area contributed by atoms with Crippen LogP contribution in [-0.4, -0.2) is 17.4 Å². The maximum absolute atomic E-state index is 11.5. The molecule has 0 bridgehead atoms. The van der Waals surface area contributed by atoms with E-state index < -0.39 is 0 Å². The van der Waals surface area contributed by atoms with Crippen LogP contribution in [0.1, 0.15) is 13.3 Å². The van der Waals surface area contributed by atoms with E-state index in [-0.39, 0.29) is 5.91 Å². The summed E-state index contributed by atoms with van der Waals surface area (Å²) < 4.78 is 0. The summed E-state index contributed by atoms with van der Waals surface area (Å²) >= 11 is 7.37. The Balaban J connectivity index is 2.49. The fourth-order valence-corrected chi connectivity index (χ4v) is 2.01. The topological polar surface area (TPSA) is 55.1 Å². The molecule has 0 saturated heterocycles. The highest BCUT2D eigenvalue weighted by Crippen LogP contribution is 2.22. The van der Waals surface area contributed by atoms with Crippen molar-refractivity contribution in [2.75, 3.05) is 22.6 Å². The van der Waals surface area contributed by atoms with Gasteiger partial charge in [-0.25, -0.2) is 0 Å². The highest BCUT2D eigenvalue weighted by atomic mass is 35.5. The molecule has 0 spiro atoms. The van der Waals surface area contributed by atoms with E-state index in [1.165, 1.54) is 0 Å². The summed E-state index contributed by atoms with van der Waals surface area (Å²) in [6, 6.07) is 5.03. The van der Waals surface area contributed by atoms with Gasteiger partial charge in [0, 0.05) is 5.02 Å². The highest BCUT2D eigenvalue weighted by molar-refractivity contribution is 7.99. The van der Waals surface area contributed by atoms with Crippen molar-refractivity contribution >= 4 is 40.6 Å². The van der Waals surface area contributed by atoms with Gasteiger partial charge in [-0.1, -0.05) is 18.5 Å². The number of nitrogen functional groups attached to an aromatic ring is 1. The molecule has 0 aliphatic heterocycles. The number of hydrogen-bond donors (Lipinski definition) is 2. The van der Waals surface area contributed by atoms with Crippen molar-refractivity contribution in [3.8, 4) is 0 Å². The minimum atomic E-state index is -0.0347. The Morgan fingerprint density at radius 1 is 1.56 bits per heavy atom. The van der Waals surface area contributed by atoms with Crippen molar-refractivity contribution in [1.82, 2.24) is 0 Å². The lowest BCUT2D eigenvalue weighted by atomic mass is 10.2. The third-order valence-corrected chi connectivity index (χ3v) is 3.27. The average Bonchev–Trinajstić information content (AvgIpc) is 2.23. The molecule has 1 amide bonds. The normalized spacial score (nSPS) is 10.1. The van der Waals surface area contributed by atoms with E-state index >= 15 is 0 Å². The zero-order valence-corrected chi connectivity index (χ0v) is 10.7. The number of nitrogens with two attached hydrogens (primary N) is 1. The predicted octanol–water partition coefficient (Wildman–Crippen LogP) is 3.00. The summed E-state index contributed by atoms with van der Waals surface area (Å²) in [7, 11) is 0. The molecule has 5 heteroatoms. The summed E-state index contributed by atoms with van der Waals surface area (Å²) in [5, 5.41) is 3.32. The van der Waals surface area contributed by atoms with Crippen molar-refractivity contribution in [1.29, 1.82) is 0 Å². The van der Waals surface area contributed by atoms with Gasteiger partial charge in [0.1, 0.15) is 0 Å². The van der Waals surface area contributed by atoms with Crippen LogP contribution >= 0.6 is 23.4 Å². The number of carbonyl (C=O) groups excluding carboxylic acids is 1. The summed E-state index contributed by atoms with van der Waals surface area (Å²) in [5.74, 6) is 1.41. The first-order valence-electron chi connectivity index (χ1n) is 5.06. The van der Waals surface area contributed by atoms with Gasteiger partial charge in [-0.15, -0.1) is 0 Å². The highest BCUT2D eigenvalue weighted by Gasteiger charge is 2.05. The van der Waals surface area contributed by atoms with Gasteiger partial charge >= 0.3 is 0 Å². The van der Waals surface area contributed by atoms with E-state index in [2.05, 4.69) is 12.2 Å². The van der Waals surface area contributed by atoms with E-state index in [9.17, 15) is 4.79 Å². The fraction of sp³-hybridized carbons (Fsp3) is 0.364. The Labute approximate surface area is 105 Å². The first-order chi connectivity index (χ1) is 7.63. The minimum Gasteiger partial charge on any atom is -0.397 e. The van der Waals surface area contributed by atoms with Crippen LogP contribution in [-0.2, 0) is 4.79 Å².